The van der Waals surface area contributed by atoms with E-state index in [1.807, 2.05) is 7.05 Å². The number of benzene rings is 1. The summed E-state index contributed by atoms with van der Waals surface area (Å²) in [4.78, 5) is 16.5. The second-order valence-corrected chi connectivity index (χ2v) is 6.49. The first-order chi connectivity index (χ1) is 11.0. The van der Waals surface area contributed by atoms with Gasteiger partial charge >= 0.3 is 0 Å². The van der Waals surface area contributed by atoms with Crippen LogP contribution in [0.1, 0.15) is 24.8 Å². The number of nitrogens with zero attached hydrogens (tertiary/aromatic N) is 2. The quantitative estimate of drug-likeness (QED) is 0.836. The molecule has 2 aliphatic rings. The molecule has 1 unspecified atom stereocenters. The van der Waals surface area contributed by atoms with Crippen molar-refractivity contribution in [2.45, 2.75) is 31.4 Å². The fraction of sp³-hybridized carbons (Fsp3) is 0.588. The van der Waals surface area contributed by atoms with Gasteiger partial charge in [0.1, 0.15) is 0 Å². The van der Waals surface area contributed by atoms with E-state index >= 15 is 0 Å². The molecule has 2 aliphatic heterocycles. The Morgan fingerprint density at radius 1 is 1.22 bits per heavy atom. The van der Waals surface area contributed by atoms with E-state index in [-0.39, 0.29) is 5.91 Å². The van der Waals surface area contributed by atoms with Gasteiger partial charge in [0.25, 0.3) is 5.91 Å². The van der Waals surface area contributed by atoms with E-state index in [1.54, 1.807) is 11.0 Å². The van der Waals surface area contributed by atoms with Crippen molar-refractivity contribution >= 4 is 5.91 Å². The smallest absolute Gasteiger partial charge is 0.255 e. The maximum Gasteiger partial charge on any atom is 0.255 e. The molecule has 0 N–H and O–H groups in total. The first-order valence-electron chi connectivity index (χ1n) is 8.06. The van der Waals surface area contributed by atoms with E-state index in [0.717, 1.165) is 25.5 Å². The molecule has 1 amide bonds. The maximum atomic E-state index is 13.4. The zero-order valence-electron chi connectivity index (χ0n) is 13.4. The Balaban J connectivity index is 1.74. The Morgan fingerprint density at radius 2 is 2.04 bits per heavy atom. The van der Waals surface area contributed by atoms with Gasteiger partial charge in [0.05, 0.1) is 6.61 Å². The van der Waals surface area contributed by atoms with E-state index in [0.29, 0.717) is 38.2 Å². The van der Waals surface area contributed by atoms with Crippen molar-refractivity contribution in [1.82, 2.24) is 9.80 Å². The summed E-state index contributed by atoms with van der Waals surface area (Å²) in [5, 5.41) is 0. The summed E-state index contributed by atoms with van der Waals surface area (Å²) in [6.07, 6.45) is 2.65. The number of likely N-dealkylation sites (tertiary alicyclic amines) is 1. The maximum absolute atomic E-state index is 13.4. The summed E-state index contributed by atoms with van der Waals surface area (Å²) >= 11 is 0. The van der Waals surface area contributed by atoms with Gasteiger partial charge in [-0.1, -0.05) is 6.07 Å². The van der Waals surface area contributed by atoms with E-state index in [2.05, 4.69) is 4.90 Å². The number of halogens is 2. The van der Waals surface area contributed by atoms with Crippen LogP contribution in [-0.2, 0) is 16.1 Å². The molecule has 2 fully saturated rings. The molecule has 0 aliphatic carbocycles. The van der Waals surface area contributed by atoms with Crippen LogP contribution in [0.4, 0.5) is 8.78 Å². The molecule has 6 heteroatoms. The molecular weight excluding hydrogens is 302 g/mol. The highest BCUT2D eigenvalue weighted by Gasteiger charge is 2.45. The first kappa shape index (κ1) is 16.3. The van der Waals surface area contributed by atoms with Crippen molar-refractivity contribution in [3.05, 3.63) is 35.4 Å². The van der Waals surface area contributed by atoms with E-state index in [9.17, 15) is 13.6 Å². The first-order valence-corrected chi connectivity index (χ1v) is 8.06. The minimum Gasteiger partial charge on any atom is -0.362 e. The number of ether oxygens (including phenoxy) is 1. The molecule has 0 radical (unpaired) electrons. The molecule has 0 bridgehead atoms. The normalized spacial score (nSPS) is 26.6. The van der Waals surface area contributed by atoms with Gasteiger partial charge in [-0.15, -0.1) is 0 Å². The van der Waals surface area contributed by atoms with Crippen molar-refractivity contribution in [2.24, 2.45) is 0 Å². The van der Waals surface area contributed by atoms with Crippen LogP contribution in [0.3, 0.4) is 0 Å². The molecule has 23 heavy (non-hydrogen) atoms. The number of rotatable bonds is 2. The fourth-order valence-corrected chi connectivity index (χ4v) is 3.48. The van der Waals surface area contributed by atoms with Crippen LogP contribution in [0.15, 0.2) is 18.2 Å². The minimum absolute atomic E-state index is 0.0324. The van der Waals surface area contributed by atoms with Gasteiger partial charge in [-0.25, -0.2) is 8.78 Å². The Morgan fingerprint density at radius 3 is 2.83 bits per heavy atom. The third-order valence-corrected chi connectivity index (χ3v) is 4.72. The van der Waals surface area contributed by atoms with Gasteiger partial charge in [-0.3, -0.25) is 9.69 Å². The number of morpholine rings is 1. The Labute approximate surface area is 135 Å². The number of likely N-dealkylation sites (N-methyl/N-ethyl adjacent to an activating group) is 1. The second-order valence-electron chi connectivity index (χ2n) is 6.49. The number of carbonyl (C=O) groups excluding carboxylic acids is 1. The molecule has 0 saturated carbocycles. The lowest BCUT2D eigenvalue weighted by atomic mass is 9.94. The predicted octanol–water partition coefficient (Wildman–Crippen LogP) is 2.18. The molecule has 4 nitrogen and oxygen atoms in total. The molecule has 2 heterocycles. The molecule has 126 valence electrons. The highest BCUT2D eigenvalue weighted by molar-refractivity contribution is 5.85. The Bertz CT molecular complexity index is 596. The van der Waals surface area contributed by atoms with Crippen LogP contribution in [0, 0.1) is 11.6 Å². The van der Waals surface area contributed by atoms with Gasteiger partial charge < -0.3 is 9.64 Å². The highest BCUT2D eigenvalue weighted by atomic mass is 19.2. The summed E-state index contributed by atoms with van der Waals surface area (Å²) in [6.45, 7) is 2.89. The van der Waals surface area contributed by atoms with Crippen molar-refractivity contribution in [3.8, 4) is 0 Å². The second kappa shape index (κ2) is 6.53. The lowest BCUT2D eigenvalue weighted by molar-refractivity contribution is -0.169. The van der Waals surface area contributed by atoms with E-state index in [4.69, 9.17) is 4.74 Å². The van der Waals surface area contributed by atoms with Crippen LogP contribution in [-0.4, -0.2) is 54.6 Å². The zero-order chi connectivity index (χ0) is 16.4. The van der Waals surface area contributed by atoms with Gasteiger partial charge in [-0.2, -0.15) is 0 Å². The standard InChI is InChI=1S/C17H22F2N2O2/c1-20-7-3-2-6-17(16(20)22)12-21(8-9-23-17)11-13-4-5-14(18)15(19)10-13/h4-5,10H,2-3,6-9,11-12H2,1H3. The fourth-order valence-electron chi connectivity index (χ4n) is 3.48. The van der Waals surface area contributed by atoms with Crippen molar-refractivity contribution in [2.75, 3.05) is 33.3 Å². The SMILES string of the molecule is CN1CCCCC2(CN(Cc3ccc(F)c(F)c3)CCO2)C1=O. The Kier molecular flexibility index (Phi) is 4.64. The Hall–Kier alpha value is -1.53. The van der Waals surface area contributed by atoms with Crippen LogP contribution in [0.25, 0.3) is 0 Å². The molecule has 1 aromatic carbocycles. The van der Waals surface area contributed by atoms with Crippen LogP contribution in [0.5, 0.6) is 0 Å². The topological polar surface area (TPSA) is 32.8 Å². The van der Waals surface area contributed by atoms with Crippen LogP contribution in [0.2, 0.25) is 0 Å². The van der Waals surface area contributed by atoms with Gasteiger partial charge in [0.2, 0.25) is 0 Å². The summed E-state index contributed by atoms with van der Waals surface area (Å²) in [5.41, 5.74) is -0.0856. The average molecular weight is 324 g/mol. The lowest BCUT2D eigenvalue weighted by Gasteiger charge is -2.42. The number of carbonyl (C=O) groups is 1. The zero-order valence-corrected chi connectivity index (χ0v) is 13.4. The third-order valence-electron chi connectivity index (χ3n) is 4.72. The van der Waals surface area contributed by atoms with E-state index < -0.39 is 17.2 Å². The molecular formula is C17H22F2N2O2. The summed E-state index contributed by atoms with van der Waals surface area (Å²) in [6, 6.07) is 3.95. The van der Waals surface area contributed by atoms with Gasteiger partial charge in [-0.05, 0) is 37.0 Å². The minimum atomic E-state index is -0.840. The molecule has 2 saturated heterocycles. The molecule has 0 aromatic heterocycles. The number of amides is 1. The van der Waals surface area contributed by atoms with Crippen molar-refractivity contribution < 1.29 is 18.3 Å². The third kappa shape index (κ3) is 3.38. The molecule has 1 aromatic rings. The van der Waals surface area contributed by atoms with Crippen molar-refractivity contribution in [1.29, 1.82) is 0 Å². The largest absolute Gasteiger partial charge is 0.362 e. The summed E-state index contributed by atoms with van der Waals surface area (Å²) < 4.78 is 32.3. The van der Waals surface area contributed by atoms with Crippen LogP contribution >= 0.6 is 0 Å². The van der Waals surface area contributed by atoms with E-state index in [1.165, 1.54) is 6.07 Å². The molecule has 1 spiro atoms. The lowest BCUT2D eigenvalue weighted by Crippen LogP contribution is -2.59. The predicted molar refractivity (Wildman–Crippen MR) is 81.8 cm³/mol. The highest BCUT2D eigenvalue weighted by Crippen LogP contribution is 2.30. The van der Waals surface area contributed by atoms with Gasteiger partial charge in [0, 0.05) is 33.2 Å². The van der Waals surface area contributed by atoms with Crippen LogP contribution < -0.4 is 0 Å². The monoisotopic (exact) mass is 324 g/mol. The number of hydrogen-bond acceptors (Lipinski definition) is 3. The average Bonchev–Trinajstić information content (AvgIpc) is 2.66. The van der Waals surface area contributed by atoms with Crippen molar-refractivity contribution in [3.63, 3.8) is 0 Å². The molecule has 3 rings (SSSR count). The number of hydrogen-bond donors (Lipinski definition) is 0. The summed E-state index contributed by atoms with van der Waals surface area (Å²) in [7, 11) is 1.81. The molecule has 1 atom stereocenters. The van der Waals surface area contributed by atoms with Gasteiger partial charge in [0.15, 0.2) is 17.2 Å². The summed E-state index contributed by atoms with van der Waals surface area (Å²) in [5.74, 6) is -1.64.